The molecular weight excluding hydrogens is 246 g/mol. The molecule has 1 aromatic heterocycles. The Morgan fingerprint density at radius 1 is 1.15 bits per heavy atom. The fraction of sp³-hybridized carbons (Fsp3) is 0.353. The molecule has 2 aromatic rings. The number of benzene rings is 1. The second-order valence-electron chi connectivity index (χ2n) is 5.57. The van der Waals surface area contributed by atoms with E-state index in [1.807, 2.05) is 25.2 Å². The van der Waals surface area contributed by atoms with Crippen LogP contribution < -0.4 is 9.80 Å². The van der Waals surface area contributed by atoms with E-state index in [1.54, 1.807) is 0 Å². The third-order valence-electron chi connectivity index (χ3n) is 3.85. The van der Waals surface area contributed by atoms with Crippen LogP contribution >= 0.6 is 0 Å². The van der Waals surface area contributed by atoms with E-state index in [1.165, 1.54) is 29.7 Å². The lowest BCUT2D eigenvalue weighted by atomic mass is 10.0. The van der Waals surface area contributed by atoms with Crippen LogP contribution in [0.4, 0.5) is 11.5 Å². The Bertz CT molecular complexity index is 575. The minimum atomic E-state index is 0.942. The third-order valence-corrected chi connectivity index (χ3v) is 3.85. The first-order valence-corrected chi connectivity index (χ1v) is 7.19. The first-order chi connectivity index (χ1) is 9.74. The van der Waals surface area contributed by atoms with E-state index in [2.05, 4.69) is 46.3 Å². The molecule has 0 atom stereocenters. The average molecular weight is 267 g/mol. The van der Waals surface area contributed by atoms with Crippen LogP contribution in [0.1, 0.15) is 17.5 Å². The second-order valence-corrected chi connectivity index (χ2v) is 5.57. The van der Waals surface area contributed by atoms with Crippen molar-refractivity contribution in [1.82, 2.24) is 4.98 Å². The van der Waals surface area contributed by atoms with Gasteiger partial charge in [0.05, 0.1) is 0 Å². The fourth-order valence-corrected chi connectivity index (χ4v) is 2.77. The van der Waals surface area contributed by atoms with Crippen molar-refractivity contribution in [3.8, 4) is 0 Å². The molecule has 1 aromatic carbocycles. The summed E-state index contributed by atoms with van der Waals surface area (Å²) < 4.78 is 0. The predicted octanol–water partition coefficient (Wildman–Crippen LogP) is 3.10. The molecule has 0 amide bonds. The zero-order valence-electron chi connectivity index (χ0n) is 12.2. The van der Waals surface area contributed by atoms with E-state index in [4.69, 9.17) is 0 Å². The van der Waals surface area contributed by atoms with E-state index < -0.39 is 0 Å². The molecule has 0 saturated carbocycles. The molecule has 0 saturated heterocycles. The van der Waals surface area contributed by atoms with Gasteiger partial charge in [-0.25, -0.2) is 4.98 Å². The summed E-state index contributed by atoms with van der Waals surface area (Å²) in [6, 6.07) is 13.0. The maximum absolute atomic E-state index is 4.50. The number of aromatic nitrogens is 1. The number of pyridine rings is 1. The molecule has 0 fully saturated rings. The van der Waals surface area contributed by atoms with Crippen molar-refractivity contribution in [2.45, 2.75) is 19.4 Å². The maximum Gasteiger partial charge on any atom is 0.127 e. The molecule has 0 bridgehead atoms. The topological polar surface area (TPSA) is 19.4 Å². The molecule has 0 spiro atoms. The summed E-state index contributed by atoms with van der Waals surface area (Å²) in [4.78, 5) is 8.99. The molecular formula is C17H21N3. The Morgan fingerprint density at radius 3 is 2.75 bits per heavy atom. The summed E-state index contributed by atoms with van der Waals surface area (Å²) in [5.41, 5.74) is 4.12. The summed E-state index contributed by atoms with van der Waals surface area (Å²) in [6.45, 7) is 2.07. The summed E-state index contributed by atoms with van der Waals surface area (Å²) in [6.07, 6.45) is 4.43. The first kappa shape index (κ1) is 13.0. The number of para-hydroxylation sites is 1. The summed E-state index contributed by atoms with van der Waals surface area (Å²) in [5, 5.41) is 0. The van der Waals surface area contributed by atoms with Gasteiger partial charge in [-0.05, 0) is 36.1 Å². The highest BCUT2D eigenvalue weighted by atomic mass is 15.1. The highest BCUT2D eigenvalue weighted by molar-refractivity contribution is 5.55. The SMILES string of the molecule is CN(C)c1ccc(CN2CCCc3ccccc32)cn1. The van der Waals surface area contributed by atoms with Crippen molar-refractivity contribution in [2.75, 3.05) is 30.4 Å². The van der Waals surface area contributed by atoms with E-state index in [9.17, 15) is 0 Å². The van der Waals surface area contributed by atoms with Gasteiger partial charge in [-0.2, -0.15) is 0 Å². The third kappa shape index (κ3) is 2.62. The highest BCUT2D eigenvalue weighted by Crippen LogP contribution is 2.28. The molecule has 0 aliphatic carbocycles. The quantitative estimate of drug-likeness (QED) is 0.852. The molecule has 2 heterocycles. The Kier molecular flexibility index (Phi) is 3.59. The van der Waals surface area contributed by atoms with Gasteiger partial charge >= 0.3 is 0 Å². The van der Waals surface area contributed by atoms with Gasteiger partial charge in [0.2, 0.25) is 0 Å². The minimum absolute atomic E-state index is 0.942. The van der Waals surface area contributed by atoms with E-state index in [0.29, 0.717) is 0 Å². The standard InChI is InChI=1S/C17H21N3/c1-19(2)17-10-9-14(12-18-17)13-20-11-5-7-15-6-3-4-8-16(15)20/h3-4,6,8-10,12H,5,7,11,13H2,1-2H3. The highest BCUT2D eigenvalue weighted by Gasteiger charge is 2.16. The largest absolute Gasteiger partial charge is 0.367 e. The molecule has 3 heteroatoms. The lowest BCUT2D eigenvalue weighted by Gasteiger charge is -2.31. The first-order valence-electron chi connectivity index (χ1n) is 7.19. The van der Waals surface area contributed by atoms with Crippen LogP contribution in [0.2, 0.25) is 0 Å². The Morgan fingerprint density at radius 2 is 2.00 bits per heavy atom. The van der Waals surface area contributed by atoms with Crippen LogP contribution in [0.5, 0.6) is 0 Å². The number of hydrogen-bond acceptors (Lipinski definition) is 3. The molecule has 1 aliphatic heterocycles. The van der Waals surface area contributed by atoms with E-state index in [0.717, 1.165) is 18.9 Å². The molecule has 20 heavy (non-hydrogen) atoms. The predicted molar refractivity (Wildman–Crippen MR) is 84.4 cm³/mol. The zero-order chi connectivity index (χ0) is 13.9. The maximum atomic E-state index is 4.50. The Balaban J connectivity index is 1.78. The van der Waals surface area contributed by atoms with Crippen molar-refractivity contribution in [1.29, 1.82) is 0 Å². The zero-order valence-corrected chi connectivity index (χ0v) is 12.2. The monoisotopic (exact) mass is 267 g/mol. The van der Waals surface area contributed by atoms with E-state index in [-0.39, 0.29) is 0 Å². The smallest absolute Gasteiger partial charge is 0.127 e. The van der Waals surface area contributed by atoms with Gasteiger partial charge in [0, 0.05) is 39.1 Å². The fourth-order valence-electron chi connectivity index (χ4n) is 2.77. The van der Waals surface area contributed by atoms with Gasteiger partial charge in [0.15, 0.2) is 0 Å². The van der Waals surface area contributed by atoms with Gasteiger partial charge in [-0.1, -0.05) is 24.3 Å². The van der Waals surface area contributed by atoms with Gasteiger partial charge < -0.3 is 9.80 Å². The summed E-state index contributed by atoms with van der Waals surface area (Å²) >= 11 is 0. The molecule has 0 unspecified atom stereocenters. The van der Waals surface area contributed by atoms with Crippen LogP contribution in [-0.4, -0.2) is 25.6 Å². The second kappa shape index (κ2) is 5.53. The van der Waals surface area contributed by atoms with Crippen molar-refractivity contribution in [3.05, 3.63) is 53.7 Å². The Hall–Kier alpha value is -2.03. The van der Waals surface area contributed by atoms with Crippen molar-refractivity contribution in [2.24, 2.45) is 0 Å². The lowest BCUT2D eigenvalue weighted by Crippen LogP contribution is -2.28. The molecule has 1 aliphatic rings. The van der Waals surface area contributed by atoms with Crippen LogP contribution in [0.3, 0.4) is 0 Å². The van der Waals surface area contributed by atoms with Gasteiger partial charge in [-0.3, -0.25) is 0 Å². The average Bonchev–Trinajstić information content (AvgIpc) is 2.48. The molecule has 0 radical (unpaired) electrons. The molecule has 3 nitrogen and oxygen atoms in total. The lowest BCUT2D eigenvalue weighted by molar-refractivity contribution is 0.690. The van der Waals surface area contributed by atoms with Gasteiger partial charge in [-0.15, -0.1) is 0 Å². The normalized spacial score (nSPS) is 14.0. The molecule has 3 rings (SSSR count). The van der Waals surface area contributed by atoms with Crippen molar-refractivity contribution in [3.63, 3.8) is 0 Å². The van der Waals surface area contributed by atoms with E-state index >= 15 is 0 Å². The Labute approximate surface area is 120 Å². The summed E-state index contributed by atoms with van der Waals surface area (Å²) in [7, 11) is 4.03. The molecule has 104 valence electrons. The van der Waals surface area contributed by atoms with Gasteiger partial charge in [0.25, 0.3) is 0 Å². The van der Waals surface area contributed by atoms with Crippen LogP contribution in [0.15, 0.2) is 42.6 Å². The van der Waals surface area contributed by atoms with Gasteiger partial charge in [0.1, 0.15) is 5.82 Å². The molecule has 0 N–H and O–H groups in total. The number of anilines is 2. The number of nitrogens with zero attached hydrogens (tertiary/aromatic N) is 3. The van der Waals surface area contributed by atoms with Crippen LogP contribution in [0, 0.1) is 0 Å². The van der Waals surface area contributed by atoms with Crippen molar-refractivity contribution >= 4 is 11.5 Å². The van der Waals surface area contributed by atoms with Crippen LogP contribution in [-0.2, 0) is 13.0 Å². The van der Waals surface area contributed by atoms with Crippen molar-refractivity contribution < 1.29 is 0 Å². The minimum Gasteiger partial charge on any atom is -0.367 e. The van der Waals surface area contributed by atoms with Crippen LogP contribution in [0.25, 0.3) is 0 Å². The number of hydrogen-bond donors (Lipinski definition) is 0. The number of rotatable bonds is 3. The summed E-state index contributed by atoms with van der Waals surface area (Å²) in [5.74, 6) is 1.01. The number of fused-ring (bicyclic) bond motifs is 1. The number of aryl methyl sites for hydroxylation is 1.